The number of amides is 4. The molecular weight excluding hydrogens is 248 g/mol. The second-order valence-electron chi connectivity index (χ2n) is 4.22. The molecule has 1 aromatic rings. The van der Waals surface area contributed by atoms with E-state index in [0.717, 1.165) is 0 Å². The van der Waals surface area contributed by atoms with Crippen LogP contribution in [0.2, 0.25) is 0 Å². The van der Waals surface area contributed by atoms with Gasteiger partial charge in [0.2, 0.25) is 11.8 Å². The molecule has 0 bridgehead atoms. The van der Waals surface area contributed by atoms with Gasteiger partial charge in [0.25, 0.3) is 0 Å². The van der Waals surface area contributed by atoms with Crippen LogP contribution in [0, 0.1) is 0 Å². The summed E-state index contributed by atoms with van der Waals surface area (Å²) in [4.78, 5) is 35.9. The van der Waals surface area contributed by atoms with Crippen molar-refractivity contribution in [1.29, 1.82) is 0 Å². The van der Waals surface area contributed by atoms with Crippen molar-refractivity contribution < 1.29 is 14.4 Å². The molecule has 2 rings (SSSR count). The van der Waals surface area contributed by atoms with Gasteiger partial charge in [0.1, 0.15) is 12.6 Å². The predicted octanol–water partition coefficient (Wildman–Crippen LogP) is 0.0285. The maximum absolute atomic E-state index is 12.2. The number of rotatable bonds is 2. The molecule has 4 N–H and O–H groups in total. The van der Waals surface area contributed by atoms with E-state index >= 15 is 0 Å². The standard InChI is InChI=1S/C12H14N4O3/c1-7(14-12(13)19)11(18)16-6-10(17)15-8-4-2-3-5-9(8)16/h2-5,7H,6H2,1H3,(H,15,17)(H3,13,14,19). The fourth-order valence-corrected chi connectivity index (χ4v) is 1.94. The number of benzene rings is 1. The highest BCUT2D eigenvalue weighted by Crippen LogP contribution is 2.29. The Labute approximate surface area is 109 Å². The van der Waals surface area contributed by atoms with Gasteiger partial charge in [-0.2, -0.15) is 0 Å². The number of hydrogen-bond acceptors (Lipinski definition) is 3. The lowest BCUT2D eigenvalue weighted by Gasteiger charge is -2.31. The molecule has 1 atom stereocenters. The molecule has 0 fully saturated rings. The van der Waals surface area contributed by atoms with E-state index in [2.05, 4.69) is 10.6 Å². The molecule has 0 aromatic heterocycles. The van der Waals surface area contributed by atoms with Gasteiger partial charge in [0.15, 0.2) is 0 Å². The molecule has 0 spiro atoms. The number of primary amides is 1. The number of nitrogens with zero attached hydrogens (tertiary/aromatic N) is 1. The smallest absolute Gasteiger partial charge is 0.312 e. The van der Waals surface area contributed by atoms with Gasteiger partial charge in [-0.1, -0.05) is 12.1 Å². The van der Waals surface area contributed by atoms with Gasteiger partial charge in [0, 0.05) is 0 Å². The Morgan fingerprint density at radius 3 is 2.79 bits per heavy atom. The third-order valence-electron chi connectivity index (χ3n) is 2.77. The summed E-state index contributed by atoms with van der Waals surface area (Å²) in [5.41, 5.74) is 6.15. The van der Waals surface area contributed by atoms with Gasteiger partial charge in [-0.25, -0.2) is 4.79 Å². The fraction of sp³-hybridized carbons (Fsp3) is 0.250. The average Bonchev–Trinajstić information content (AvgIpc) is 2.36. The Hall–Kier alpha value is -2.57. The number of hydrogen-bond donors (Lipinski definition) is 3. The summed E-state index contributed by atoms with van der Waals surface area (Å²) in [6, 6.07) is 5.38. The monoisotopic (exact) mass is 262 g/mol. The van der Waals surface area contributed by atoms with E-state index in [4.69, 9.17) is 5.73 Å². The molecule has 1 heterocycles. The van der Waals surface area contributed by atoms with Crippen LogP contribution in [0.5, 0.6) is 0 Å². The first kappa shape index (κ1) is 12.9. The van der Waals surface area contributed by atoms with Gasteiger partial charge in [0.05, 0.1) is 11.4 Å². The highest BCUT2D eigenvalue weighted by molar-refractivity contribution is 6.11. The van der Waals surface area contributed by atoms with Crippen LogP contribution in [-0.4, -0.2) is 30.4 Å². The zero-order valence-electron chi connectivity index (χ0n) is 10.3. The van der Waals surface area contributed by atoms with Crippen LogP contribution in [0.1, 0.15) is 6.92 Å². The zero-order chi connectivity index (χ0) is 14.0. The van der Waals surface area contributed by atoms with Gasteiger partial charge in [-0.15, -0.1) is 0 Å². The lowest BCUT2D eigenvalue weighted by Crippen LogP contribution is -2.52. The lowest BCUT2D eigenvalue weighted by atomic mass is 10.1. The Bertz CT molecular complexity index is 544. The minimum absolute atomic E-state index is 0.0827. The van der Waals surface area contributed by atoms with Crippen molar-refractivity contribution >= 4 is 29.2 Å². The SMILES string of the molecule is CC(NC(N)=O)C(=O)N1CC(=O)Nc2ccccc21. The van der Waals surface area contributed by atoms with E-state index in [1.807, 2.05) is 0 Å². The third-order valence-corrected chi connectivity index (χ3v) is 2.77. The van der Waals surface area contributed by atoms with Crippen molar-refractivity contribution in [2.24, 2.45) is 5.73 Å². The Balaban J connectivity index is 2.27. The van der Waals surface area contributed by atoms with Crippen molar-refractivity contribution in [3.8, 4) is 0 Å². The normalized spacial score (nSPS) is 15.2. The molecule has 0 saturated heterocycles. The number of para-hydroxylation sites is 2. The quantitative estimate of drug-likeness (QED) is 0.700. The fourth-order valence-electron chi connectivity index (χ4n) is 1.94. The molecule has 0 aliphatic carbocycles. The van der Waals surface area contributed by atoms with Crippen LogP contribution < -0.4 is 21.3 Å². The molecule has 1 unspecified atom stereocenters. The predicted molar refractivity (Wildman–Crippen MR) is 69.6 cm³/mol. The van der Waals surface area contributed by atoms with Crippen LogP contribution in [0.3, 0.4) is 0 Å². The van der Waals surface area contributed by atoms with E-state index < -0.39 is 12.1 Å². The van der Waals surface area contributed by atoms with E-state index in [0.29, 0.717) is 11.4 Å². The van der Waals surface area contributed by atoms with Crippen LogP contribution in [0.25, 0.3) is 0 Å². The molecular formula is C12H14N4O3. The Morgan fingerprint density at radius 1 is 1.42 bits per heavy atom. The first-order valence-corrected chi connectivity index (χ1v) is 5.75. The van der Waals surface area contributed by atoms with Gasteiger partial charge >= 0.3 is 6.03 Å². The van der Waals surface area contributed by atoms with Crippen LogP contribution >= 0.6 is 0 Å². The Kier molecular flexibility index (Phi) is 3.37. The van der Waals surface area contributed by atoms with Crippen LogP contribution in [-0.2, 0) is 9.59 Å². The van der Waals surface area contributed by atoms with Crippen molar-refractivity contribution in [2.45, 2.75) is 13.0 Å². The minimum Gasteiger partial charge on any atom is -0.352 e. The average molecular weight is 262 g/mol. The number of anilines is 2. The second kappa shape index (κ2) is 4.97. The topological polar surface area (TPSA) is 105 Å². The summed E-state index contributed by atoms with van der Waals surface area (Å²) in [5.74, 6) is -0.667. The van der Waals surface area contributed by atoms with Gasteiger partial charge in [-0.05, 0) is 19.1 Å². The van der Waals surface area contributed by atoms with E-state index in [9.17, 15) is 14.4 Å². The highest BCUT2D eigenvalue weighted by atomic mass is 16.2. The van der Waals surface area contributed by atoms with Crippen molar-refractivity contribution in [3.05, 3.63) is 24.3 Å². The molecule has 19 heavy (non-hydrogen) atoms. The number of fused-ring (bicyclic) bond motifs is 1. The molecule has 1 aromatic carbocycles. The number of nitrogens with one attached hydrogen (secondary N) is 2. The number of carbonyl (C=O) groups is 3. The molecule has 1 aliphatic rings. The zero-order valence-corrected chi connectivity index (χ0v) is 10.3. The van der Waals surface area contributed by atoms with Gasteiger partial charge < -0.3 is 16.4 Å². The molecule has 0 saturated carbocycles. The van der Waals surface area contributed by atoms with Crippen molar-refractivity contribution in [3.63, 3.8) is 0 Å². The summed E-state index contributed by atoms with van der Waals surface area (Å²) in [6.45, 7) is 1.43. The number of urea groups is 1. The molecule has 7 heteroatoms. The van der Waals surface area contributed by atoms with Gasteiger partial charge in [-0.3, -0.25) is 14.5 Å². The molecule has 4 amide bonds. The summed E-state index contributed by atoms with van der Waals surface area (Å²) in [7, 11) is 0. The van der Waals surface area contributed by atoms with Crippen LogP contribution in [0.15, 0.2) is 24.3 Å². The lowest BCUT2D eigenvalue weighted by molar-refractivity contribution is -0.122. The summed E-state index contributed by atoms with van der Waals surface area (Å²) in [5, 5.41) is 4.98. The summed E-state index contributed by atoms with van der Waals surface area (Å²) >= 11 is 0. The molecule has 100 valence electrons. The molecule has 0 radical (unpaired) electrons. The third kappa shape index (κ3) is 2.65. The second-order valence-corrected chi connectivity index (χ2v) is 4.22. The first-order chi connectivity index (χ1) is 8.99. The van der Waals surface area contributed by atoms with E-state index in [1.165, 1.54) is 11.8 Å². The number of nitrogens with two attached hydrogens (primary N) is 1. The Morgan fingerprint density at radius 2 is 2.11 bits per heavy atom. The minimum atomic E-state index is -0.795. The first-order valence-electron chi connectivity index (χ1n) is 5.75. The summed E-state index contributed by atoms with van der Waals surface area (Å²) < 4.78 is 0. The van der Waals surface area contributed by atoms with Crippen molar-refractivity contribution in [1.82, 2.24) is 5.32 Å². The highest BCUT2D eigenvalue weighted by Gasteiger charge is 2.29. The van der Waals surface area contributed by atoms with E-state index in [1.54, 1.807) is 24.3 Å². The largest absolute Gasteiger partial charge is 0.352 e. The molecule has 7 nitrogen and oxygen atoms in total. The maximum Gasteiger partial charge on any atom is 0.312 e. The van der Waals surface area contributed by atoms with Crippen molar-refractivity contribution in [2.75, 3.05) is 16.8 Å². The van der Waals surface area contributed by atoms with E-state index in [-0.39, 0.29) is 18.4 Å². The summed E-state index contributed by atoms with van der Waals surface area (Å²) in [6.07, 6.45) is 0. The number of carbonyl (C=O) groups excluding carboxylic acids is 3. The molecule has 1 aliphatic heterocycles. The van der Waals surface area contributed by atoms with Crippen LogP contribution in [0.4, 0.5) is 16.2 Å². The maximum atomic E-state index is 12.2.